The number of aromatic nitrogens is 4. The normalized spacial score (nSPS) is 21.0. The Balaban J connectivity index is 0.00000218. The molecule has 0 bridgehead atoms. The molecular weight excluding hydrogens is 859 g/mol. The number of nitrogen functional groups attached to an aromatic ring is 1. The number of phosphoric acid groups is 3. The zero-order valence-electron chi connectivity index (χ0n) is 32.1. The molecule has 0 saturated carbocycles. The Kier molecular flexibility index (Phi) is 20.9. The van der Waals surface area contributed by atoms with Crippen LogP contribution in [0.3, 0.4) is 0 Å². The molecule has 29 heteroatoms. The molecule has 3 rings (SSSR count). The molecule has 0 aliphatic carbocycles. The van der Waals surface area contributed by atoms with Crippen molar-refractivity contribution >= 4 is 69.1 Å². The SMILES string of the molecule is CCCC(=O)SCCNC(=O)CCNC(=O)[C@H](O)C(C)(C)COP(=O)(O)OP(=O)(O)OC[C@H]1O[C@@H](n2cnc3c(N)ncnc32)[C@H](O)[C@@H]1OP(=O)(O)O.CCCCO. The second-order valence-corrected chi connectivity index (χ2v) is 18.5. The fourth-order valence-corrected chi connectivity index (χ4v) is 8.34. The number of unbranched alkanes of at least 4 members (excludes halogenated alkanes) is 1. The summed E-state index contributed by atoms with van der Waals surface area (Å²) in [5.41, 5.74) is 4.27. The zero-order valence-corrected chi connectivity index (χ0v) is 35.6. The number of carbonyl (C=O) groups excluding carboxylic acids is 3. The number of hydrogen-bond donors (Lipinski definition) is 10. The van der Waals surface area contributed by atoms with E-state index in [-0.39, 0.29) is 41.6 Å². The number of aliphatic hydroxyl groups excluding tert-OH is 3. The highest BCUT2D eigenvalue weighted by Gasteiger charge is 2.50. The third kappa shape index (κ3) is 17.2. The van der Waals surface area contributed by atoms with Crippen LogP contribution in [0.25, 0.3) is 11.2 Å². The maximum Gasteiger partial charge on any atom is 0.481 e. The maximum atomic E-state index is 12.6. The van der Waals surface area contributed by atoms with Gasteiger partial charge in [0.2, 0.25) is 11.8 Å². The summed E-state index contributed by atoms with van der Waals surface area (Å²) in [6.07, 6.45) is -3.69. The maximum absolute atomic E-state index is 12.6. The van der Waals surface area contributed by atoms with Crippen molar-refractivity contribution in [2.75, 3.05) is 44.4 Å². The van der Waals surface area contributed by atoms with E-state index in [1.165, 1.54) is 13.8 Å². The number of ether oxygens (including phenoxy) is 1. The monoisotopic (exact) mass is 911 g/mol. The number of thioether (sulfide) groups is 1. The summed E-state index contributed by atoms with van der Waals surface area (Å²) < 4.78 is 61.9. The number of aliphatic hydroxyl groups is 3. The van der Waals surface area contributed by atoms with Gasteiger partial charge in [-0.25, -0.2) is 28.6 Å². The molecule has 7 atom stereocenters. The van der Waals surface area contributed by atoms with E-state index in [1.807, 2.05) is 6.92 Å². The van der Waals surface area contributed by atoms with Gasteiger partial charge >= 0.3 is 23.5 Å². The molecule has 58 heavy (non-hydrogen) atoms. The lowest BCUT2D eigenvalue weighted by Gasteiger charge is -2.30. The van der Waals surface area contributed by atoms with Crippen molar-refractivity contribution in [3.8, 4) is 0 Å². The van der Waals surface area contributed by atoms with Gasteiger partial charge in [0.1, 0.15) is 36.3 Å². The van der Waals surface area contributed by atoms with Crippen LogP contribution < -0.4 is 16.4 Å². The molecule has 0 spiro atoms. The summed E-state index contributed by atoms with van der Waals surface area (Å²) in [4.78, 5) is 86.8. The lowest BCUT2D eigenvalue weighted by atomic mass is 9.87. The average molecular weight is 912 g/mol. The first-order chi connectivity index (χ1) is 27.0. The Morgan fingerprint density at radius 1 is 1.02 bits per heavy atom. The first-order valence-electron chi connectivity index (χ1n) is 17.6. The minimum absolute atomic E-state index is 0.0127. The molecule has 2 unspecified atom stereocenters. The van der Waals surface area contributed by atoms with Gasteiger partial charge in [-0.3, -0.25) is 32.5 Å². The van der Waals surface area contributed by atoms with Gasteiger partial charge in [0.05, 0.1) is 19.5 Å². The molecule has 332 valence electrons. The number of anilines is 1. The van der Waals surface area contributed by atoms with Gasteiger partial charge in [-0.05, 0) is 12.8 Å². The summed E-state index contributed by atoms with van der Waals surface area (Å²) >= 11 is 1.09. The predicted molar refractivity (Wildman–Crippen MR) is 204 cm³/mol. The van der Waals surface area contributed by atoms with Crippen LogP contribution in [0.2, 0.25) is 0 Å². The van der Waals surface area contributed by atoms with Crippen molar-refractivity contribution in [2.24, 2.45) is 5.41 Å². The molecule has 1 saturated heterocycles. The van der Waals surface area contributed by atoms with Crippen LogP contribution in [0.1, 0.15) is 66.0 Å². The van der Waals surface area contributed by atoms with E-state index in [4.69, 9.17) is 24.6 Å². The number of phosphoric ester groups is 3. The minimum Gasteiger partial charge on any atom is -0.396 e. The third-order valence-corrected chi connectivity index (χ3v) is 11.8. The fourth-order valence-electron chi connectivity index (χ4n) is 4.73. The number of nitrogens with one attached hydrogen (secondary N) is 2. The zero-order chi connectivity index (χ0) is 43.9. The predicted octanol–water partition coefficient (Wildman–Crippen LogP) is 0.244. The van der Waals surface area contributed by atoms with Gasteiger partial charge < -0.3 is 56.0 Å². The largest absolute Gasteiger partial charge is 0.481 e. The topological polar surface area (TPSA) is 384 Å². The van der Waals surface area contributed by atoms with Gasteiger partial charge in [-0.15, -0.1) is 0 Å². The van der Waals surface area contributed by atoms with E-state index >= 15 is 0 Å². The molecule has 2 amide bonds. The van der Waals surface area contributed by atoms with Gasteiger partial charge in [-0.1, -0.05) is 45.9 Å². The lowest BCUT2D eigenvalue weighted by molar-refractivity contribution is -0.137. The molecule has 2 aromatic rings. The van der Waals surface area contributed by atoms with Crippen LogP contribution >= 0.6 is 35.2 Å². The Morgan fingerprint density at radius 2 is 1.69 bits per heavy atom. The smallest absolute Gasteiger partial charge is 0.396 e. The second kappa shape index (κ2) is 23.5. The molecule has 11 N–H and O–H groups in total. The molecule has 0 radical (unpaired) electrons. The molecule has 25 nitrogen and oxygen atoms in total. The third-order valence-electron chi connectivity index (χ3n) is 7.73. The summed E-state index contributed by atoms with van der Waals surface area (Å²) in [7, 11) is -16.4. The molecule has 1 fully saturated rings. The molecule has 1 aliphatic heterocycles. The first kappa shape index (κ1) is 51.7. The van der Waals surface area contributed by atoms with E-state index in [2.05, 4.69) is 41.3 Å². The number of nitrogens with two attached hydrogens (primary N) is 1. The molecule has 0 aromatic carbocycles. The summed E-state index contributed by atoms with van der Waals surface area (Å²) in [6, 6.07) is 0. The standard InChI is InChI=1S/C25H42N7O17P3S.C4H10O/c1-4-5-16(34)53-9-8-27-15(33)6-7-28-23(37)20(36)25(2,3)11-46-52(43,44)49-51(41,42)45-10-14-19(48-50(38,39)40)18(35)24(47-14)32-13-31-17-21(26)29-12-30-22(17)32;1-2-3-4-5/h12-14,18-20,24,35-36H,4-11H2,1-3H3,(H,27,33)(H,28,37)(H,41,42)(H,43,44)(H2,26,29,30)(H2,38,39,40);5H,2-4H2,1H3/t14-,18-,19-,20+,24-;/m1./s1. The number of carbonyl (C=O) groups is 3. The van der Waals surface area contributed by atoms with Crippen LogP contribution in [0.15, 0.2) is 12.7 Å². The van der Waals surface area contributed by atoms with Crippen LogP contribution in [0, 0.1) is 5.41 Å². The quantitative estimate of drug-likeness (QED) is 0.0527. The highest BCUT2D eigenvalue weighted by molar-refractivity contribution is 8.13. The van der Waals surface area contributed by atoms with Crippen LogP contribution in [0.5, 0.6) is 0 Å². The first-order valence-corrected chi connectivity index (χ1v) is 23.1. The minimum atomic E-state index is -5.56. The van der Waals surface area contributed by atoms with Crippen molar-refractivity contribution in [1.82, 2.24) is 30.2 Å². The highest BCUT2D eigenvalue weighted by atomic mass is 32.2. The van der Waals surface area contributed by atoms with Gasteiger partial charge in [0.15, 0.2) is 22.8 Å². The Morgan fingerprint density at radius 3 is 2.29 bits per heavy atom. The summed E-state index contributed by atoms with van der Waals surface area (Å²) in [6.45, 7) is 4.81. The fraction of sp³-hybridized carbons (Fsp3) is 0.724. The van der Waals surface area contributed by atoms with E-state index in [0.29, 0.717) is 18.8 Å². The van der Waals surface area contributed by atoms with Gasteiger partial charge in [-0.2, -0.15) is 4.31 Å². The second-order valence-electron chi connectivity index (χ2n) is 13.1. The lowest BCUT2D eigenvalue weighted by Crippen LogP contribution is -2.46. The molecule has 1 aliphatic rings. The van der Waals surface area contributed by atoms with Crippen molar-refractivity contribution in [3.63, 3.8) is 0 Å². The highest BCUT2D eigenvalue weighted by Crippen LogP contribution is 2.61. The number of amides is 2. The van der Waals surface area contributed by atoms with Crippen LogP contribution in [-0.4, -0.2) is 134 Å². The van der Waals surface area contributed by atoms with E-state index < -0.39 is 84.6 Å². The molecular formula is C29H52N7O18P3S. The number of fused-ring (bicyclic) bond motifs is 1. The van der Waals surface area contributed by atoms with E-state index in [1.54, 1.807) is 0 Å². The Bertz CT molecular complexity index is 1800. The van der Waals surface area contributed by atoms with Crippen LogP contribution in [0.4, 0.5) is 5.82 Å². The Labute approximate surface area is 337 Å². The van der Waals surface area contributed by atoms with Crippen molar-refractivity contribution in [1.29, 1.82) is 0 Å². The van der Waals surface area contributed by atoms with E-state index in [0.717, 1.165) is 48.2 Å². The number of rotatable bonds is 23. The summed E-state index contributed by atoms with van der Waals surface area (Å²) in [5, 5.41) is 34.4. The molecule has 3 heterocycles. The van der Waals surface area contributed by atoms with E-state index in [9.17, 15) is 57.9 Å². The van der Waals surface area contributed by atoms with Crippen LogP contribution in [-0.2, 0) is 50.7 Å². The number of imidazole rings is 1. The number of hydrogen-bond acceptors (Lipinski definition) is 19. The van der Waals surface area contributed by atoms with Gasteiger partial charge in [0, 0.05) is 43.7 Å². The Hall–Kier alpha value is -2.48. The van der Waals surface area contributed by atoms with Crippen molar-refractivity contribution < 1.29 is 85.6 Å². The number of nitrogens with zero attached hydrogens (tertiary/aromatic N) is 4. The average Bonchev–Trinajstić information content (AvgIpc) is 3.69. The van der Waals surface area contributed by atoms with Crippen molar-refractivity contribution in [2.45, 2.75) is 90.4 Å². The molecule has 2 aromatic heterocycles. The van der Waals surface area contributed by atoms with Gasteiger partial charge in [0.25, 0.3) is 0 Å². The van der Waals surface area contributed by atoms with Crippen molar-refractivity contribution in [3.05, 3.63) is 12.7 Å². The summed E-state index contributed by atoms with van der Waals surface area (Å²) in [5.74, 6) is -1.06.